The van der Waals surface area contributed by atoms with Gasteiger partial charge < -0.3 is 11.1 Å². The summed E-state index contributed by atoms with van der Waals surface area (Å²) in [6.45, 7) is -1.41. The van der Waals surface area contributed by atoms with Gasteiger partial charge in [-0.3, -0.25) is 4.79 Å². The summed E-state index contributed by atoms with van der Waals surface area (Å²) in [7, 11) is 0. The Bertz CT molecular complexity index is 406. The van der Waals surface area contributed by atoms with Gasteiger partial charge in [-0.2, -0.15) is 13.2 Å². The Hall–Kier alpha value is -1.43. The fourth-order valence-corrected chi connectivity index (χ4v) is 1.21. The Morgan fingerprint density at radius 3 is 2.62 bits per heavy atom. The molecule has 1 rings (SSSR count). The molecule has 0 saturated carbocycles. The first-order valence-electron chi connectivity index (χ1n) is 4.20. The van der Waals surface area contributed by atoms with Crippen molar-refractivity contribution in [1.29, 1.82) is 0 Å². The monoisotopic (exact) mass is 252 g/mol. The zero-order chi connectivity index (χ0) is 12.3. The van der Waals surface area contributed by atoms with E-state index in [0.717, 1.165) is 0 Å². The predicted molar refractivity (Wildman–Crippen MR) is 54.3 cm³/mol. The first kappa shape index (κ1) is 12.6. The molecule has 3 nitrogen and oxygen atoms in total. The molecular weight excluding hydrogens is 245 g/mol. The Labute approximate surface area is 94.4 Å². The van der Waals surface area contributed by atoms with Gasteiger partial charge in [0, 0.05) is 0 Å². The molecule has 0 spiro atoms. The zero-order valence-corrected chi connectivity index (χ0v) is 8.69. The van der Waals surface area contributed by atoms with Crippen LogP contribution in [-0.2, 0) is 0 Å². The topological polar surface area (TPSA) is 55.1 Å². The molecule has 0 unspecified atom stereocenters. The average molecular weight is 253 g/mol. The number of benzene rings is 1. The van der Waals surface area contributed by atoms with Gasteiger partial charge in [-0.15, -0.1) is 0 Å². The molecule has 0 saturated heterocycles. The van der Waals surface area contributed by atoms with Crippen LogP contribution in [-0.4, -0.2) is 18.6 Å². The fraction of sp³-hybridized carbons (Fsp3) is 0.222. The van der Waals surface area contributed by atoms with Crippen molar-refractivity contribution in [3.05, 3.63) is 28.8 Å². The molecule has 16 heavy (non-hydrogen) atoms. The SMILES string of the molecule is Nc1cccc(C(=O)NCC(F)(F)F)c1Cl. The highest BCUT2D eigenvalue weighted by Gasteiger charge is 2.28. The van der Waals surface area contributed by atoms with Gasteiger partial charge in [-0.25, -0.2) is 0 Å². The first-order chi connectivity index (χ1) is 7.31. The molecule has 7 heteroatoms. The third kappa shape index (κ3) is 3.30. The van der Waals surface area contributed by atoms with Crippen molar-refractivity contribution in [2.24, 2.45) is 0 Å². The van der Waals surface area contributed by atoms with E-state index in [2.05, 4.69) is 0 Å². The van der Waals surface area contributed by atoms with Crippen LogP contribution >= 0.6 is 11.6 Å². The highest BCUT2D eigenvalue weighted by molar-refractivity contribution is 6.36. The van der Waals surface area contributed by atoms with E-state index in [4.69, 9.17) is 17.3 Å². The summed E-state index contributed by atoms with van der Waals surface area (Å²) in [5.74, 6) is -0.908. The van der Waals surface area contributed by atoms with Crippen LogP contribution in [0.5, 0.6) is 0 Å². The molecule has 1 amide bonds. The summed E-state index contributed by atoms with van der Waals surface area (Å²) in [6, 6.07) is 4.18. The molecule has 0 aliphatic heterocycles. The lowest BCUT2D eigenvalue weighted by Crippen LogP contribution is -2.33. The molecule has 0 aromatic heterocycles. The number of nitrogens with two attached hydrogens (primary N) is 1. The second kappa shape index (κ2) is 4.61. The van der Waals surface area contributed by atoms with Crippen LogP contribution in [0.15, 0.2) is 18.2 Å². The van der Waals surface area contributed by atoms with E-state index in [9.17, 15) is 18.0 Å². The number of amides is 1. The lowest BCUT2D eigenvalue weighted by Gasteiger charge is -2.09. The van der Waals surface area contributed by atoms with Crippen LogP contribution in [0.1, 0.15) is 10.4 Å². The molecule has 1 aromatic rings. The Morgan fingerprint density at radius 1 is 1.44 bits per heavy atom. The Balaban J connectivity index is 2.78. The van der Waals surface area contributed by atoms with Crippen molar-refractivity contribution in [3.8, 4) is 0 Å². The van der Waals surface area contributed by atoms with Gasteiger partial charge >= 0.3 is 6.18 Å². The van der Waals surface area contributed by atoms with Gasteiger partial charge in [-0.05, 0) is 12.1 Å². The summed E-state index contributed by atoms with van der Waals surface area (Å²) in [5, 5.41) is 1.65. The molecule has 1 aromatic carbocycles. The van der Waals surface area contributed by atoms with Crippen molar-refractivity contribution in [3.63, 3.8) is 0 Å². The van der Waals surface area contributed by atoms with Gasteiger partial charge in [0.2, 0.25) is 0 Å². The largest absolute Gasteiger partial charge is 0.405 e. The fourth-order valence-electron chi connectivity index (χ4n) is 1.00. The number of carbonyl (C=O) groups excluding carboxylic acids is 1. The van der Waals surface area contributed by atoms with Crippen molar-refractivity contribution >= 4 is 23.2 Å². The van der Waals surface area contributed by atoms with E-state index in [1.807, 2.05) is 0 Å². The maximum Gasteiger partial charge on any atom is 0.405 e. The Morgan fingerprint density at radius 2 is 2.06 bits per heavy atom. The molecule has 0 radical (unpaired) electrons. The van der Waals surface area contributed by atoms with Gasteiger partial charge in [0.15, 0.2) is 0 Å². The van der Waals surface area contributed by atoms with Crippen LogP contribution in [0, 0.1) is 0 Å². The number of nitrogen functional groups attached to an aromatic ring is 1. The number of halogens is 4. The maximum absolute atomic E-state index is 11.8. The average Bonchev–Trinajstić information content (AvgIpc) is 2.17. The second-order valence-corrected chi connectivity index (χ2v) is 3.38. The summed E-state index contributed by atoms with van der Waals surface area (Å²) in [4.78, 5) is 11.3. The first-order valence-corrected chi connectivity index (χ1v) is 4.58. The lowest BCUT2D eigenvalue weighted by atomic mass is 10.2. The number of anilines is 1. The number of hydrogen-bond acceptors (Lipinski definition) is 2. The maximum atomic E-state index is 11.8. The minimum Gasteiger partial charge on any atom is -0.398 e. The van der Waals surface area contributed by atoms with Crippen LogP contribution in [0.2, 0.25) is 5.02 Å². The summed E-state index contributed by atoms with van der Waals surface area (Å²) in [6.07, 6.45) is -4.46. The number of carbonyl (C=O) groups is 1. The van der Waals surface area contributed by atoms with E-state index >= 15 is 0 Å². The van der Waals surface area contributed by atoms with Crippen molar-refractivity contribution in [2.45, 2.75) is 6.18 Å². The molecule has 0 heterocycles. The molecule has 0 aliphatic rings. The van der Waals surface area contributed by atoms with Gasteiger partial charge in [0.05, 0.1) is 16.3 Å². The number of rotatable bonds is 2. The summed E-state index contributed by atoms with van der Waals surface area (Å²) in [5.41, 5.74) is 5.47. The molecular formula is C9H8ClF3N2O. The van der Waals surface area contributed by atoms with E-state index in [-0.39, 0.29) is 16.3 Å². The van der Waals surface area contributed by atoms with Crippen molar-refractivity contribution < 1.29 is 18.0 Å². The predicted octanol–water partition coefficient (Wildman–Crippen LogP) is 2.21. The quantitative estimate of drug-likeness (QED) is 0.793. The number of hydrogen-bond donors (Lipinski definition) is 2. The standard InChI is InChI=1S/C9H8ClF3N2O/c10-7-5(2-1-3-6(7)14)8(16)15-4-9(11,12)13/h1-3H,4,14H2,(H,15,16). The third-order valence-electron chi connectivity index (χ3n) is 1.72. The minimum atomic E-state index is -4.46. The molecule has 0 fully saturated rings. The summed E-state index contributed by atoms with van der Waals surface area (Å²) < 4.78 is 35.5. The lowest BCUT2D eigenvalue weighted by molar-refractivity contribution is -0.123. The molecule has 88 valence electrons. The van der Waals surface area contributed by atoms with Crippen molar-refractivity contribution in [1.82, 2.24) is 5.32 Å². The molecule has 0 aliphatic carbocycles. The number of alkyl halides is 3. The van der Waals surface area contributed by atoms with Gasteiger partial charge in [0.25, 0.3) is 5.91 Å². The van der Waals surface area contributed by atoms with E-state index < -0.39 is 18.6 Å². The normalized spacial score (nSPS) is 11.2. The van der Waals surface area contributed by atoms with Crippen LogP contribution in [0.4, 0.5) is 18.9 Å². The third-order valence-corrected chi connectivity index (χ3v) is 2.14. The molecule has 0 bridgehead atoms. The zero-order valence-electron chi connectivity index (χ0n) is 7.94. The smallest absolute Gasteiger partial charge is 0.398 e. The van der Waals surface area contributed by atoms with E-state index in [1.54, 1.807) is 5.32 Å². The molecule has 0 atom stereocenters. The number of nitrogens with one attached hydrogen (secondary N) is 1. The van der Waals surface area contributed by atoms with Crippen LogP contribution in [0.25, 0.3) is 0 Å². The highest BCUT2D eigenvalue weighted by atomic mass is 35.5. The van der Waals surface area contributed by atoms with Gasteiger partial charge in [-0.1, -0.05) is 17.7 Å². The van der Waals surface area contributed by atoms with Gasteiger partial charge in [0.1, 0.15) is 6.54 Å². The van der Waals surface area contributed by atoms with E-state index in [0.29, 0.717) is 0 Å². The second-order valence-electron chi connectivity index (χ2n) is 3.01. The minimum absolute atomic E-state index is 0.0535. The van der Waals surface area contributed by atoms with Crippen LogP contribution in [0.3, 0.4) is 0 Å². The Kier molecular flexibility index (Phi) is 3.64. The van der Waals surface area contributed by atoms with Crippen LogP contribution < -0.4 is 11.1 Å². The van der Waals surface area contributed by atoms with Crippen molar-refractivity contribution in [2.75, 3.05) is 12.3 Å². The van der Waals surface area contributed by atoms with E-state index in [1.165, 1.54) is 18.2 Å². The molecule has 3 N–H and O–H groups in total. The highest BCUT2D eigenvalue weighted by Crippen LogP contribution is 2.23. The summed E-state index contributed by atoms with van der Waals surface area (Å²) >= 11 is 5.67.